The van der Waals surface area contributed by atoms with Crippen LogP contribution in [0.5, 0.6) is 0 Å². The van der Waals surface area contributed by atoms with E-state index in [9.17, 15) is 0 Å². The Kier molecular flexibility index (Phi) is 6.96. The summed E-state index contributed by atoms with van der Waals surface area (Å²) < 4.78 is 3.25. The summed E-state index contributed by atoms with van der Waals surface area (Å²) in [6, 6.07) is 0. The lowest BCUT2D eigenvalue weighted by atomic mass is 10.1. The highest BCUT2D eigenvalue weighted by Gasteiger charge is 2.02. The van der Waals surface area contributed by atoms with Crippen molar-refractivity contribution in [2.24, 2.45) is 0 Å². The molecule has 0 atom stereocenters. The second-order valence-electron chi connectivity index (χ2n) is 3.80. The normalized spacial score (nSPS) is 10.8. The van der Waals surface area contributed by atoms with Crippen molar-refractivity contribution in [2.75, 3.05) is 4.43 Å². The molecule has 0 aliphatic heterocycles. The highest BCUT2D eigenvalue weighted by Crippen LogP contribution is 2.07. The molecule has 0 unspecified atom stereocenters. The van der Waals surface area contributed by atoms with E-state index in [4.69, 9.17) is 0 Å². The Balaban J connectivity index is 2.29. The van der Waals surface area contributed by atoms with Crippen LogP contribution < -0.4 is 0 Å². The van der Waals surface area contributed by atoms with Crippen LogP contribution in [0.25, 0.3) is 0 Å². The summed E-state index contributed by atoms with van der Waals surface area (Å²) in [5, 5.41) is 8.10. The predicted molar refractivity (Wildman–Crippen MR) is 71.4 cm³/mol. The lowest BCUT2D eigenvalue weighted by Crippen LogP contribution is -2.05. The van der Waals surface area contributed by atoms with Crippen molar-refractivity contribution in [3.63, 3.8) is 0 Å². The van der Waals surface area contributed by atoms with Gasteiger partial charge in [0.15, 0.2) is 0 Å². The first-order valence-electron chi connectivity index (χ1n) is 5.81. The maximum absolute atomic E-state index is 4.12. The van der Waals surface area contributed by atoms with Gasteiger partial charge < -0.3 is 0 Å². The van der Waals surface area contributed by atoms with Crippen LogP contribution in [-0.4, -0.2) is 19.4 Å². The second-order valence-corrected chi connectivity index (χ2v) is 4.88. The maximum Gasteiger partial charge on any atom is 0.0725 e. The minimum Gasteiger partial charge on any atom is -0.249 e. The van der Waals surface area contributed by atoms with Gasteiger partial charge in [-0.3, -0.25) is 0 Å². The first-order valence-corrected chi connectivity index (χ1v) is 7.34. The molecule has 15 heavy (non-hydrogen) atoms. The van der Waals surface area contributed by atoms with Crippen molar-refractivity contribution in [3.8, 4) is 0 Å². The molecule has 3 nitrogen and oxygen atoms in total. The molecule has 0 amide bonds. The topological polar surface area (TPSA) is 30.7 Å². The average Bonchev–Trinajstić information content (AvgIpc) is 2.69. The zero-order valence-corrected chi connectivity index (χ0v) is 11.6. The highest BCUT2D eigenvalue weighted by atomic mass is 127. The summed E-state index contributed by atoms with van der Waals surface area (Å²) >= 11 is 2.40. The Bertz CT molecular complexity index is 260. The van der Waals surface area contributed by atoms with Crippen LogP contribution in [0.3, 0.4) is 0 Å². The molecule has 1 aromatic heterocycles. The Hall–Kier alpha value is -0.130. The zero-order valence-electron chi connectivity index (χ0n) is 9.45. The molecule has 0 aliphatic carbocycles. The molecule has 0 bridgehead atoms. The third-order valence-corrected chi connectivity index (χ3v) is 3.25. The van der Waals surface area contributed by atoms with E-state index in [2.05, 4.69) is 44.5 Å². The monoisotopic (exact) mass is 321 g/mol. The van der Waals surface area contributed by atoms with Gasteiger partial charge in [0.05, 0.1) is 11.9 Å². The molecule has 86 valence electrons. The van der Waals surface area contributed by atoms with E-state index in [0.29, 0.717) is 0 Å². The molecule has 0 aromatic carbocycles. The van der Waals surface area contributed by atoms with Crippen LogP contribution in [0.4, 0.5) is 0 Å². The molecule has 4 heteroatoms. The number of hydrogen-bond donors (Lipinski definition) is 0. The molecule has 1 rings (SSSR count). The molecule has 0 fully saturated rings. The molecule has 0 saturated carbocycles. The molecule has 0 radical (unpaired) electrons. The predicted octanol–water partition coefficient (Wildman–Crippen LogP) is 3.23. The van der Waals surface area contributed by atoms with E-state index < -0.39 is 0 Å². The smallest absolute Gasteiger partial charge is 0.0725 e. The molecule has 1 heterocycles. The molecule has 1 aromatic rings. The van der Waals surface area contributed by atoms with E-state index in [1.54, 1.807) is 0 Å². The minimum absolute atomic E-state index is 1.02. The summed E-state index contributed by atoms with van der Waals surface area (Å²) in [6.07, 6.45) is 9.47. The Labute approximate surface area is 106 Å². The van der Waals surface area contributed by atoms with Crippen LogP contribution >= 0.6 is 22.6 Å². The summed E-state index contributed by atoms with van der Waals surface area (Å²) in [5.41, 5.74) is 1.30. The number of unbranched alkanes of at least 4 members (excludes halogenated alkanes) is 3. The minimum atomic E-state index is 1.02. The van der Waals surface area contributed by atoms with Gasteiger partial charge in [0.2, 0.25) is 0 Å². The van der Waals surface area contributed by atoms with Crippen molar-refractivity contribution in [1.29, 1.82) is 0 Å². The third kappa shape index (κ3) is 4.95. The fourth-order valence-corrected chi connectivity index (χ4v) is 1.94. The van der Waals surface area contributed by atoms with Crippen molar-refractivity contribution in [2.45, 2.75) is 52.0 Å². The molecule has 0 N–H and O–H groups in total. The molecule has 0 saturated heterocycles. The number of halogens is 1. The van der Waals surface area contributed by atoms with Gasteiger partial charge in [-0.25, -0.2) is 4.68 Å². The largest absolute Gasteiger partial charge is 0.249 e. The molecular weight excluding hydrogens is 301 g/mol. The van der Waals surface area contributed by atoms with Gasteiger partial charge in [-0.1, -0.05) is 54.0 Å². The van der Waals surface area contributed by atoms with Crippen molar-refractivity contribution < 1.29 is 0 Å². The number of alkyl halides is 1. The van der Waals surface area contributed by atoms with Gasteiger partial charge >= 0.3 is 0 Å². The fourth-order valence-electron chi connectivity index (χ4n) is 1.60. The molecule has 0 spiro atoms. The third-order valence-electron chi connectivity index (χ3n) is 2.49. The number of aromatic nitrogens is 3. The van der Waals surface area contributed by atoms with E-state index >= 15 is 0 Å². The quantitative estimate of drug-likeness (QED) is 0.418. The summed E-state index contributed by atoms with van der Waals surface area (Å²) in [6.45, 7) is 3.26. The summed E-state index contributed by atoms with van der Waals surface area (Å²) in [5.74, 6) is 0. The van der Waals surface area contributed by atoms with Gasteiger partial charge in [-0.2, -0.15) is 0 Å². The van der Waals surface area contributed by atoms with Gasteiger partial charge in [0.1, 0.15) is 0 Å². The lowest BCUT2D eigenvalue weighted by Gasteiger charge is -2.04. The maximum atomic E-state index is 4.12. The number of aryl methyl sites for hydroxylation is 2. The second kappa shape index (κ2) is 8.07. The van der Waals surface area contributed by atoms with Crippen molar-refractivity contribution in [1.82, 2.24) is 15.0 Å². The number of rotatable bonds is 8. The van der Waals surface area contributed by atoms with E-state index in [1.165, 1.54) is 42.2 Å². The lowest BCUT2D eigenvalue weighted by molar-refractivity contribution is 0.547. The number of nitrogens with zero attached hydrogens (tertiary/aromatic N) is 3. The summed E-state index contributed by atoms with van der Waals surface area (Å²) in [4.78, 5) is 0. The fraction of sp³-hybridized carbons (Fsp3) is 0.818. The van der Waals surface area contributed by atoms with Crippen LogP contribution in [-0.2, 0) is 13.0 Å². The van der Waals surface area contributed by atoms with Crippen LogP contribution in [0.15, 0.2) is 6.20 Å². The van der Waals surface area contributed by atoms with Crippen molar-refractivity contribution in [3.05, 3.63) is 11.9 Å². The zero-order chi connectivity index (χ0) is 10.9. The van der Waals surface area contributed by atoms with Gasteiger partial charge in [-0.05, 0) is 19.3 Å². The Morgan fingerprint density at radius 1 is 1.27 bits per heavy atom. The first kappa shape index (κ1) is 12.9. The van der Waals surface area contributed by atoms with Gasteiger partial charge in [-0.15, -0.1) is 5.10 Å². The van der Waals surface area contributed by atoms with Crippen molar-refractivity contribution >= 4 is 22.6 Å². The highest BCUT2D eigenvalue weighted by molar-refractivity contribution is 14.1. The number of hydrogen-bond acceptors (Lipinski definition) is 2. The first-order chi connectivity index (χ1) is 7.38. The SMILES string of the molecule is CCCCCCc1cnnn1CCCI. The Morgan fingerprint density at radius 3 is 2.87 bits per heavy atom. The van der Waals surface area contributed by atoms with E-state index in [-0.39, 0.29) is 0 Å². The van der Waals surface area contributed by atoms with Gasteiger partial charge in [0.25, 0.3) is 0 Å². The van der Waals surface area contributed by atoms with E-state index in [1.807, 2.05) is 6.20 Å². The van der Waals surface area contributed by atoms with Gasteiger partial charge in [0, 0.05) is 11.0 Å². The van der Waals surface area contributed by atoms with Crippen LogP contribution in [0, 0.1) is 0 Å². The Morgan fingerprint density at radius 2 is 2.13 bits per heavy atom. The molecular formula is C11H20IN3. The summed E-state index contributed by atoms with van der Waals surface area (Å²) in [7, 11) is 0. The van der Waals surface area contributed by atoms with E-state index in [0.717, 1.165) is 13.0 Å². The average molecular weight is 321 g/mol. The van der Waals surface area contributed by atoms with Crippen LogP contribution in [0.2, 0.25) is 0 Å². The van der Waals surface area contributed by atoms with Crippen LogP contribution in [0.1, 0.15) is 44.7 Å². The molecule has 0 aliphatic rings. The standard InChI is InChI=1S/C11H20IN3/c1-2-3-4-5-7-11-10-13-14-15(11)9-6-8-12/h10H,2-9H2,1H3.